The summed E-state index contributed by atoms with van der Waals surface area (Å²) in [5.41, 5.74) is 5.16. The van der Waals surface area contributed by atoms with Gasteiger partial charge in [-0.2, -0.15) is 0 Å². The van der Waals surface area contributed by atoms with E-state index in [-0.39, 0.29) is 12.0 Å². The van der Waals surface area contributed by atoms with Crippen LogP contribution in [0.25, 0.3) is 0 Å². The number of anilines is 1. The summed E-state index contributed by atoms with van der Waals surface area (Å²) in [5, 5.41) is 7.50. The van der Waals surface area contributed by atoms with Crippen molar-refractivity contribution in [1.82, 2.24) is 5.48 Å². The van der Waals surface area contributed by atoms with Crippen molar-refractivity contribution in [3.05, 3.63) is 29.8 Å². The monoisotopic (exact) mass is 373 g/mol. The highest BCUT2D eigenvalue weighted by molar-refractivity contribution is 5.99. The van der Waals surface area contributed by atoms with Gasteiger partial charge in [0.1, 0.15) is 6.10 Å². The van der Waals surface area contributed by atoms with Gasteiger partial charge in [-0.3, -0.25) is 9.63 Å². The maximum Gasteiger partial charge on any atom is 0.276 e. The lowest BCUT2D eigenvalue weighted by Gasteiger charge is -2.14. The molecule has 6 nitrogen and oxygen atoms in total. The molecule has 1 amide bonds. The molecule has 1 aliphatic carbocycles. The Balaban J connectivity index is 1.42. The standard InChI is InChI=1S/C21H31N3O3/c1-2-7-17-14-18(27-23-17)12-13-22-20-11-6-5-10-19(20)21(25)24-26-15-16-8-3-4-9-16/h5-6,10-11,16,18,22H,2-4,7-9,12-15H2,1H3,(H,24,25). The number of benzene rings is 1. The Labute approximate surface area is 161 Å². The summed E-state index contributed by atoms with van der Waals surface area (Å²) in [6.45, 7) is 3.48. The van der Waals surface area contributed by atoms with E-state index in [1.807, 2.05) is 24.3 Å². The summed E-state index contributed by atoms with van der Waals surface area (Å²) in [5.74, 6) is 0.367. The minimum Gasteiger partial charge on any atom is -0.392 e. The molecule has 0 aromatic heterocycles. The Morgan fingerprint density at radius 1 is 1.30 bits per heavy atom. The van der Waals surface area contributed by atoms with Crippen LogP contribution in [0.2, 0.25) is 0 Å². The van der Waals surface area contributed by atoms with E-state index >= 15 is 0 Å². The molecule has 2 N–H and O–H groups in total. The van der Waals surface area contributed by atoms with Crippen LogP contribution in [0.4, 0.5) is 5.69 Å². The van der Waals surface area contributed by atoms with Gasteiger partial charge in [-0.05, 0) is 37.3 Å². The summed E-state index contributed by atoms with van der Waals surface area (Å²) in [6.07, 6.45) is 8.93. The Morgan fingerprint density at radius 3 is 2.93 bits per heavy atom. The van der Waals surface area contributed by atoms with Crippen LogP contribution >= 0.6 is 0 Å². The van der Waals surface area contributed by atoms with E-state index in [2.05, 4.69) is 22.9 Å². The van der Waals surface area contributed by atoms with Crippen molar-refractivity contribution in [3.8, 4) is 0 Å². The summed E-state index contributed by atoms with van der Waals surface area (Å²) >= 11 is 0. The first kappa shape index (κ1) is 19.7. The molecule has 27 heavy (non-hydrogen) atoms. The number of hydrogen-bond acceptors (Lipinski definition) is 5. The maximum absolute atomic E-state index is 12.5. The first-order valence-corrected chi connectivity index (χ1v) is 10.2. The zero-order chi connectivity index (χ0) is 18.9. The zero-order valence-corrected chi connectivity index (χ0v) is 16.2. The van der Waals surface area contributed by atoms with Gasteiger partial charge in [-0.25, -0.2) is 5.48 Å². The highest BCUT2D eigenvalue weighted by Crippen LogP contribution is 2.24. The van der Waals surface area contributed by atoms with Gasteiger partial charge < -0.3 is 10.2 Å². The summed E-state index contributed by atoms with van der Waals surface area (Å²) < 4.78 is 0. The number of carbonyl (C=O) groups is 1. The fraction of sp³-hybridized carbons (Fsp3) is 0.619. The average Bonchev–Trinajstić information content (AvgIpc) is 3.35. The van der Waals surface area contributed by atoms with Crippen molar-refractivity contribution in [1.29, 1.82) is 0 Å². The third-order valence-corrected chi connectivity index (χ3v) is 5.24. The van der Waals surface area contributed by atoms with E-state index in [0.29, 0.717) is 18.1 Å². The van der Waals surface area contributed by atoms with Crippen LogP contribution in [0, 0.1) is 5.92 Å². The lowest BCUT2D eigenvalue weighted by molar-refractivity contribution is 0.0172. The van der Waals surface area contributed by atoms with E-state index < -0.39 is 0 Å². The van der Waals surface area contributed by atoms with Crippen LogP contribution < -0.4 is 10.8 Å². The Bertz CT molecular complexity index is 641. The smallest absolute Gasteiger partial charge is 0.276 e. The first-order chi connectivity index (χ1) is 13.3. The van der Waals surface area contributed by atoms with Crippen LogP contribution in [0.1, 0.15) is 68.6 Å². The molecule has 1 heterocycles. The van der Waals surface area contributed by atoms with Gasteiger partial charge in [0.25, 0.3) is 5.91 Å². The van der Waals surface area contributed by atoms with Crippen LogP contribution in [-0.2, 0) is 9.68 Å². The van der Waals surface area contributed by atoms with E-state index in [1.54, 1.807) is 0 Å². The first-order valence-electron chi connectivity index (χ1n) is 10.2. The van der Waals surface area contributed by atoms with Gasteiger partial charge >= 0.3 is 0 Å². The molecular formula is C21H31N3O3. The van der Waals surface area contributed by atoms with Gasteiger partial charge in [0.05, 0.1) is 17.9 Å². The average molecular weight is 373 g/mol. The third kappa shape index (κ3) is 5.96. The molecule has 0 radical (unpaired) electrons. The third-order valence-electron chi connectivity index (χ3n) is 5.24. The van der Waals surface area contributed by atoms with Crippen LogP contribution in [0.15, 0.2) is 29.4 Å². The predicted octanol–water partition coefficient (Wildman–Crippen LogP) is 4.29. The molecule has 0 bridgehead atoms. The largest absolute Gasteiger partial charge is 0.392 e. The number of oxime groups is 1. The lowest BCUT2D eigenvalue weighted by Crippen LogP contribution is -2.27. The molecule has 0 saturated heterocycles. The van der Waals surface area contributed by atoms with E-state index in [9.17, 15) is 4.79 Å². The number of hydrogen-bond donors (Lipinski definition) is 2. The molecule has 0 spiro atoms. The Morgan fingerprint density at radius 2 is 2.11 bits per heavy atom. The minimum absolute atomic E-state index is 0.134. The predicted molar refractivity (Wildman–Crippen MR) is 107 cm³/mol. The number of amides is 1. The van der Waals surface area contributed by atoms with Gasteiger partial charge in [0, 0.05) is 25.1 Å². The van der Waals surface area contributed by atoms with Crippen LogP contribution in [0.3, 0.4) is 0 Å². The molecule has 1 aromatic carbocycles. The van der Waals surface area contributed by atoms with Crippen molar-refractivity contribution in [2.75, 3.05) is 18.5 Å². The fourth-order valence-electron chi connectivity index (χ4n) is 3.74. The molecule has 1 aromatic rings. The zero-order valence-electron chi connectivity index (χ0n) is 16.2. The van der Waals surface area contributed by atoms with Crippen molar-refractivity contribution in [2.24, 2.45) is 11.1 Å². The molecule has 1 fully saturated rings. The van der Waals surface area contributed by atoms with Crippen LogP contribution in [-0.4, -0.2) is 30.9 Å². The van der Waals surface area contributed by atoms with Crippen molar-refractivity contribution in [2.45, 2.75) is 64.4 Å². The molecule has 1 aliphatic heterocycles. The number of nitrogens with one attached hydrogen (secondary N) is 2. The molecule has 3 rings (SSSR count). The maximum atomic E-state index is 12.5. The highest BCUT2D eigenvalue weighted by Gasteiger charge is 2.20. The fourth-order valence-corrected chi connectivity index (χ4v) is 3.74. The Hall–Kier alpha value is -2.08. The highest BCUT2D eigenvalue weighted by atomic mass is 16.7. The number of para-hydroxylation sites is 1. The molecule has 6 heteroatoms. The lowest BCUT2D eigenvalue weighted by atomic mass is 10.1. The van der Waals surface area contributed by atoms with Crippen molar-refractivity contribution in [3.63, 3.8) is 0 Å². The summed E-state index contributed by atoms with van der Waals surface area (Å²) in [4.78, 5) is 23.4. The number of hydroxylamine groups is 1. The van der Waals surface area contributed by atoms with Crippen LogP contribution in [0.5, 0.6) is 0 Å². The molecule has 2 aliphatic rings. The molecule has 1 saturated carbocycles. The van der Waals surface area contributed by atoms with E-state index in [4.69, 9.17) is 9.68 Å². The minimum atomic E-state index is -0.207. The normalized spacial score (nSPS) is 19.6. The topological polar surface area (TPSA) is 72.0 Å². The van der Waals surface area contributed by atoms with E-state index in [1.165, 1.54) is 25.7 Å². The molecular weight excluding hydrogens is 342 g/mol. The summed E-state index contributed by atoms with van der Waals surface area (Å²) in [7, 11) is 0. The van der Waals surface area contributed by atoms with Gasteiger partial charge in [0.2, 0.25) is 0 Å². The van der Waals surface area contributed by atoms with Gasteiger partial charge in [-0.15, -0.1) is 0 Å². The van der Waals surface area contributed by atoms with Crippen molar-refractivity contribution >= 4 is 17.3 Å². The second-order valence-electron chi connectivity index (χ2n) is 7.49. The number of rotatable bonds is 10. The number of carbonyl (C=O) groups excluding carboxylic acids is 1. The van der Waals surface area contributed by atoms with Crippen molar-refractivity contribution < 1.29 is 14.5 Å². The van der Waals surface area contributed by atoms with Gasteiger partial charge in [-0.1, -0.05) is 43.5 Å². The van der Waals surface area contributed by atoms with Gasteiger partial charge in [0.15, 0.2) is 0 Å². The van der Waals surface area contributed by atoms with E-state index in [0.717, 1.165) is 43.6 Å². The SMILES string of the molecule is CCCC1=NOC(CCNc2ccccc2C(=O)NOCC2CCCC2)C1. The molecule has 148 valence electrons. The molecule has 1 unspecified atom stereocenters. The summed E-state index contributed by atoms with van der Waals surface area (Å²) in [6, 6.07) is 7.51. The second-order valence-corrected chi connectivity index (χ2v) is 7.49. The molecule has 1 atom stereocenters. The number of nitrogens with zero attached hydrogens (tertiary/aromatic N) is 1. The Kier molecular flexibility index (Phi) is 7.51. The quantitative estimate of drug-likeness (QED) is 0.600. The second kappa shape index (κ2) is 10.3.